The quantitative estimate of drug-likeness (QED) is 0.717. The minimum absolute atomic E-state index is 0.227. The molecule has 1 aromatic heterocycles. The zero-order chi connectivity index (χ0) is 14.8. The van der Waals surface area contributed by atoms with Gasteiger partial charge in [0.2, 0.25) is 0 Å². The lowest BCUT2D eigenvalue weighted by atomic mass is 10.2. The average molecular weight is 280 g/mol. The minimum atomic E-state index is -0.364. The molecule has 0 aliphatic rings. The van der Waals surface area contributed by atoms with Crippen LogP contribution >= 0.6 is 0 Å². The maximum absolute atomic E-state index is 13.0. The summed E-state index contributed by atoms with van der Waals surface area (Å²) in [5.74, 6) is -0.00600. The predicted molar refractivity (Wildman–Crippen MR) is 78.5 cm³/mol. The van der Waals surface area contributed by atoms with Gasteiger partial charge >= 0.3 is 0 Å². The highest BCUT2D eigenvalue weighted by atomic mass is 19.1. The van der Waals surface area contributed by atoms with Crippen LogP contribution in [0.15, 0.2) is 60.8 Å². The molecule has 0 saturated heterocycles. The molecule has 21 heavy (non-hydrogen) atoms. The number of imidazole rings is 1. The van der Waals surface area contributed by atoms with Crippen LogP contribution in [0.2, 0.25) is 0 Å². The molecule has 0 atom stereocenters. The molecule has 2 aromatic carbocycles. The summed E-state index contributed by atoms with van der Waals surface area (Å²) in [6, 6.07) is 15.0. The lowest BCUT2D eigenvalue weighted by Gasteiger charge is -2.06. The first kappa shape index (κ1) is 13.2. The molecule has 0 spiro atoms. The predicted octanol–water partition coefficient (Wildman–Crippen LogP) is 3.69. The van der Waals surface area contributed by atoms with Gasteiger partial charge in [-0.05, 0) is 31.2 Å². The minimum Gasteiger partial charge on any atom is -0.268 e. The van der Waals surface area contributed by atoms with E-state index in [1.807, 2.05) is 37.3 Å². The molecule has 0 aliphatic carbocycles. The Morgan fingerprint density at radius 3 is 2.38 bits per heavy atom. The Hall–Kier alpha value is -2.75. The summed E-state index contributed by atoms with van der Waals surface area (Å²) in [6.45, 7) is 1.83. The molecular formula is C17H13FN2O. The molecular weight excluding hydrogens is 267 g/mol. The number of rotatable bonds is 2. The first-order chi connectivity index (χ1) is 10.1. The van der Waals surface area contributed by atoms with Crippen molar-refractivity contribution in [1.82, 2.24) is 9.55 Å². The molecule has 0 saturated carbocycles. The van der Waals surface area contributed by atoms with Gasteiger partial charge in [-0.2, -0.15) is 0 Å². The summed E-state index contributed by atoms with van der Waals surface area (Å²) in [5.41, 5.74) is 2.04. The number of aryl methyl sites for hydroxylation is 1. The van der Waals surface area contributed by atoms with Crippen LogP contribution in [0.3, 0.4) is 0 Å². The summed E-state index contributed by atoms with van der Waals surface area (Å²) in [6.07, 6.45) is 1.69. The zero-order valence-electron chi connectivity index (χ0n) is 11.5. The summed E-state index contributed by atoms with van der Waals surface area (Å²) in [5, 5.41) is 0. The molecule has 0 aliphatic heterocycles. The van der Waals surface area contributed by atoms with Crippen LogP contribution in [-0.2, 0) is 0 Å². The fraction of sp³-hybridized carbons (Fsp3) is 0.0588. The topological polar surface area (TPSA) is 34.9 Å². The van der Waals surface area contributed by atoms with Crippen LogP contribution in [0.1, 0.15) is 16.1 Å². The number of benzene rings is 2. The molecule has 0 unspecified atom stereocenters. The first-order valence-electron chi connectivity index (χ1n) is 6.57. The monoisotopic (exact) mass is 280 g/mol. The van der Waals surface area contributed by atoms with Crippen molar-refractivity contribution in [1.29, 1.82) is 0 Å². The molecule has 0 N–H and O–H groups in total. The fourth-order valence-electron chi connectivity index (χ4n) is 2.17. The first-order valence-corrected chi connectivity index (χ1v) is 6.57. The molecule has 3 rings (SSSR count). The highest BCUT2D eigenvalue weighted by Gasteiger charge is 2.15. The van der Waals surface area contributed by atoms with Crippen molar-refractivity contribution in [2.75, 3.05) is 0 Å². The van der Waals surface area contributed by atoms with E-state index in [0.717, 1.165) is 11.3 Å². The van der Waals surface area contributed by atoms with E-state index >= 15 is 0 Å². The largest absolute Gasteiger partial charge is 0.268 e. The second kappa shape index (κ2) is 5.32. The molecule has 1 heterocycles. The molecule has 0 amide bonds. The Morgan fingerprint density at radius 2 is 1.71 bits per heavy atom. The summed E-state index contributed by atoms with van der Waals surface area (Å²) in [4.78, 5) is 17.0. The van der Waals surface area contributed by atoms with Crippen LogP contribution < -0.4 is 0 Å². The van der Waals surface area contributed by atoms with E-state index in [1.165, 1.54) is 28.8 Å². The van der Waals surface area contributed by atoms with E-state index in [1.54, 1.807) is 6.20 Å². The second-order valence-corrected chi connectivity index (χ2v) is 4.75. The van der Waals surface area contributed by atoms with Crippen molar-refractivity contribution >= 4 is 5.91 Å². The molecule has 3 nitrogen and oxygen atoms in total. The van der Waals surface area contributed by atoms with E-state index in [0.29, 0.717) is 11.4 Å². The highest BCUT2D eigenvalue weighted by Crippen LogP contribution is 2.20. The molecule has 0 bridgehead atoms. The molecule has 0 fully saturated rings. The van der Waals surface area contributed by atoms with Crippen LogP contribution in [0.4, 0.5) is 4.39 Å². The van der Waals surface area contributed by atoms with E-state index in [4.69, 9.17) is 0 Å². The Balaban J connectivity index is 2.07. The number of nitrogens with zero attached hydrogens (tertiary/aromatic N) is 2. The van der Waals surface area contributed by atoms with Gasteiger partial charge in [0.15, 0.2) is 0 Å². The lowest BCUT2D eigenvalue weighted by Crippen LogP contribution is -2.12. The number of halogens is 1. The standard InChI is InChI=1S/C17H13FN2O/c1-12-11-20(16(19-12)13-5-3-2-4-6-13)17(21)14-7-9-15(18)10-8-14/h2-11H,1H3. The number of carbonyl (C=O) groups excluding carboxylic acids is 1. The third-order valence-corrected chi connectivity index (χ3v) is 3.17. The van der Waals surface area contributed by atoms with Gasteiger partial charge in [0.1, 0.15) is 11.6 Å². The van der Waals surface area contributed by atoms with Gasteiger partial charge in [-0.25, -0.2) is 9.37 Å². The fourth-order valence-corrected chi connectivity index (χ4v) is 2.17. The highest BCUT2D eigenvalue weighted by molar-refractivity contribution is 5.98. The second-order valence-electron chi connectivity index (χ2n) is 4.75. The summed E-state index contributed by atoms with van der Waals surface area (Å²) < 4.78 is 14.5. The van der Waals surface area contributed by atoms with Crippen LogP contribution in [-0.4, -0.2) is 15.5 Å². The Labute approximate surface area is 121 Å². The zero-order valence-corrected chi connectivity index (χ0v) is 11.5. The van der Waals surface area contributed by atoms with Crippen molar-refractivity contribution in [3.05, 3.63) is 77.9 Å². The smallest absolute Gasteiger partial charge is 0.263 e. The van der Waals surface area contributed by atoms with Gasteiger partial charge in [-0.15, -0.1) is 0 Å². The van der Waals surface area contributed by atoms with Crippen molar-refractivity contribution in [2.24, 2.45) is 0 Å². The van der Waals surface area contributed by atoms with Crippen molar-refractivity contribution < 1.29 is 9.18 Å². The van der Waals surface area contributed by atoms with E-state index in [-0.39, 0.29) is 11.7 Å². The Kier molecular flexibility index (Phi) is 3.36. The van der Waals surface area contributed by atoms with E-state index in [2.05, 4.69) is 4.98 Å². The van der Waals surface area contributed by atoms with Gasteiger partial charge in [0, 0.05) is 17.3 Å². The third-order valence-electron chi connectivity index (χ3n) is 3.17. The van der Waals surface area contributed by atoms with Crippen LogP contribution in [0.5, 0.6) is 0 Å². The van der Waals surface area contributed by atoms with Gasteiger partial charge in [-0.1, -0.05) is 30.3 Å². The van der Waals surface area contributed by atoms with E-state index in [9.17, 15) is 9.18 Å². The number of hydrogen-bond acceptors (Lipinski definition) is 2. The van der Waals surface area contributed by atoms with Gasteiger partial charge < -0.3 is 0 Å². The van der Waals surface area contributed by atoms with Crippen molar-refractivity contribution in [3.63, 3.8) is 0 Å². The van der Waals surface area contributed by atoms with Gasteiger partial charge in [-0.3, -0.25) is 9.36 Å². The number of carbonyl (C=O) groups is 1. The summed E-state index contributed by atoms with van der Waals surface area (Å²) in [7, 11) is 0. The third kappa shape index (κ3) is 2.60. The van der Waals surface area contributed by atoms with Crippen molar-refractivity contribution in [3.8, 4) is 11.4 Å². The molecule has 4 heteroatoms. The normalized spacial score (nSPS) is 10.6. The Bertz CT molecular complexity index is 776. The SMILES string of the molecule is Cc1cn(C(=O)c2ccc(F)cc2)c(-c2ccccc2)n1. The average Bonchev–Trinajstić information content (AvgIpc) is 2.90. The Morgan fingerprint density at radius 1 is 1.05 bits per heavy atom. The lowest BCUT2D eigenvalue weighted by molar-refractivity contribution is 0.0961. The summed E-state index contributed by atoms with van der Waals surface area (Å²) >= 11 is 0. The molecule has 104 valence electrons. The van der Waals surface area contributed by atoms with Crippen molar-refractivity contribution in [2.45, 2.75) is 6.92 Å². The van der Waals surface area contributed by atoms with Crippen LogP contribution in [0.25, 0.3) is 11.4 Å². The molecule has 3 aromatic rings. The van der Waals surface area contributed by atoms with E-state index < -0.39 is 0 Å². The van der Waals surface area contributed by atoms with Crippen LogP contribution in [0, 0.1) is 12.7 Å². The van der Waals surface area contributed by atoms with Gasteiger partial charge in [0.25, 0.3) is 5.91 Å². The number of hydrogen-bond donors (Lipinski definition) is 0. The molecule has 0 radical (unpaired) electrons. The van der Waals surface area contributed by atoms with Gasteiger partial charge in [0.05, 0.1) is 5.69 Å². The maximum atomic E-state index is 13.0. The maximum Gasteiger partial charge on any atom is 0.263 e. The number of aromatic nitrogens is 2.